The Morgan fingerprint density at radius 3 is 2.56 bits per heavy atom. The van der Waals surface area contributed by atoms with E-state index in [0.29, 0.717) is 19.7 Å². The Hall–Kier alpha value is -3.64. The van der Waals surface area contributed by atoms with Crippen LogP contribution in [0.2, 0.25) is 0 Å². The Morgan fingerprint density at radius 2 is 1.78 bits per heavy atom. The van der Waals surface area contributed by atoms with Crippen molar-refractivity contribution in [1.29, 1.82) is 0 Å². The van der Waals surface area contributed by atoms with Crippen molar-refractivity contribution in [3.63, 3.8) is 0 Å². The van der Waals surface area contributed by atoms with Crippen LogP contribution in [0.3, 0.4) is 0 Å². The highest BCUT2D eigenvalue weighted by Gasteiger charge is 2.32. The van der Waals surface area contributed by atoms with Gasteiger partial charge in [0.05, 0.1) is 6.04 Å². The quantitative estimate of drug-likeness (QED) is 0.535. The van der Waals surface area contributed by atoms with Gasteiger partial charge in [-0.1, -0.05) is 48.5 Å². The highest BCUT2D eigenvalue weighted by Crippen LogP contribution is 2.44. The molecule has 0 radical (unpaired) electrons. The molecule has 1 fully saturated rings. The Balaban J connectivity index is 1.23. The molecule has 1 unspecified atom stereocenters. The predicted molar refractivity (Wildman–Crippen MR) is 123 cm³/mol. The lowest BCUT2D eigenvalue weighted by Gasteiger charge is -2.36. The summed E-state index contributed by atoms with van der Waals surface area (Å²) in [5.74, 6) is 0.0639. The Morgan fingerprint density at radius 1 is 1.03 bits per heavy atom. The van der Waals surface area contributed by atoms with Crippen LogP contribution in [0.5, 0.6) is 0 Å². The standard InChI is InChI=1S/C26H24N4O2/c31-26(30-14-10-27-16-24(30)18-9-12-29-13-11-28-25(29)15-18)32-17-23-21-7-3-1-5-19(21)20-6-2-4-8-22(20)23/h1-9,11-13,15,23-24,27H,10,14,16-17H2. The minimum Gasteiger partial charge on any atom is -0.448 e. The summed E-state index contributed by atoms with van der Waals surface area (Å²) in [6.07, 6.45) is 5.42. The van der Waals surface area contributed by atoms with Gasteiger partial charge in [0.2, 0.25) is 0 Å². The second-order valence-corrected chi connectivity index (χ2v) is 8.37. The number of benzene rings is 2. The molecule has 6 nitrogen and oxygen atoms in total. The number of hydrogen-bond donors (Lipinski definition) is 1. The van der Waals surface area contributed by atoms with Crippen LogP contribution in [-0.4, -0.2) is 46.6 Å². The van der Waals surface area contributed by atoms with E-state index in [1.165, 1.54) is 22.3 Å². The minimum atomic E-state index is -0.262. The lowest BCUT2D eigenvalue weighted by atomic mass is 9.98. The number of amides is 1. The third-order valence-electron chi connectivity index (χ3n) is 6.62. The molecule has 32 heavy (non-hydrogen) atoms. The number of pyridine rings is 1. The zero-order chi connectivity index (χ0) is 21.5. The molecule has 160 valence electrons. The fraction of sp³-hybridized carbons (Fsp3) is 0.231. The number of ether oxygens (including phenoxy) is 1. The number of imidazole rings is 1. The van der Waals surface area contributed by atoms with Gasteiger partial charge in [-0.25, -0.2) is 9.78 Å². The van der Waals surface area contributed by atoms with Gasteiger partial charge in [-0.05, 0) is 39.9 Å². The van der Waals surface area contributed by atoms with Crippen molar-refractivity contribution in [2.24, 2.45) is 0 Å². The number of hydrogen-bond acceptors (Lipinski definition) is 4. The third-order valence-corrected chi connectivity index (χ3v) is 6.62. The molecule has 2 aromatic heterocycles. The van der Waals surface area contributed by atoms with E-state index in [-0.39, 0.29) is 18.1 Å². The van der Waals surface area contributed by atoms with E-state index in [9.17, 15) is 4.79 Å². The molecule has 2 aliphatic rings. The molecule has 3 heterocycles. The van der Waals surface area contributed by atoms with Crippen LogP contribution in [0.1, 0.15) is 28.7 Å². The zero-order valence-electron chi connectivity index (χ0n) is 17.6. The number of carbonyl (C=O) groups excluding carboxylic acids is 1. The molecular formula is C26H24N4O2. The van der Waals surface area contributed by atoms with Crippen LogP contribution in [0.4, 0.5) is 4.79 Å². The molecule has 1 aliphatic heterocycles. The first kappa shape index (κ1) is 19.1. The number of nitrogens with zero attached hydrogens (tertiary/aromatic N) is 3. The second kappa shape index (κ2) is 7.80. The SMILES string of the molecule is O=C(OCC1c2ccccc2-c2ccccc21)N1CCNCC1c1ccn2ccnc2c1. The van der Waals surface area contributed by atoms with Gasteiger partial charge in [0.15, 0.2) is 0 Å². The molecule has 6 rings (SSSR count). The van der Waals surface area contributed by atoms with Crippen LogP contribution in [-0.2, 0) is 4.74 Å². The van der Waals surface area contributed by atoms with Crippen LogP contribution in [0.15, 0.2) is 79.3 Å². The summed E-state index contributed by atoms with van der Waals surface area (Å²) in [7, 11) is 0. The first-order valence-electron chi connectivity index (χ1n) is 11.0. The lowest BCUT2D eigenvalue weighted by molar-refractivity contribution is 0.0752. The second-order valence-electron chi connectivity index (χ2n) is 8.37. The minimum absolute atomic E-state index is 0.0639. The van der Waals surface area contributed by atoms with E-state index in [1.807, 2.05) is 27.8 Å². The van der Waals surface area contributed by atoms with Gasteiger partial charge < -0.3 is 14.5 Å². The molecule has 1 aliphatic carbocycles. The van der Waals surface area contributed by atoms with E-state index in [0.717, 1.165) is 17.8 Å². The number of piperazine rings is 1. The highest BCUT2D eigenvalue weighted by molar-refractivity contribution is 5.79. The molecule has 0 bridgehead atoms. The molecular weight excluding hydrogens is 400 g/mol. The van der Waals surface area contributed by atoms with Gasteiger partial charge in [0, 0.05) is 44.1 Å². The summed E-state index contributed by atoms with van der Waals surface area (Å²) in [5, 5.41) is 3.41. The molecule has 0 saturated carbocycles. The predicted octanol–water partition coefficient (Wildman–Crippen LogP) is 4.23. The summed E-state index contributed by atoms with van der Waals surface area (Å²) in [5.41, 5.74) is 6.85. The molecule has 2 aromatic carbocycles. The Labute approximate surface area is 186 Å². The molecule has 1 saturated heterocycles. The van der Waals surface area contributed by atoms with Crippen molar-refractivity contribution in [2.45, 2.75) is 12.0 Å². The summed E-state index contributed by atoms with van der Waals surface area (Å²) in [4.78, 5) is 19.5. The average molecular weight is 425 g/mol. The zero-order valence-corrected chi connectivity index (χ0v) is 17.6. The van der Waals surface area contributed by atoms with Gasteiger partial charge >= 0.3 is 6.09 Å². The maximum atomic E-state index is 13.2. The van der Waals surface area contributed by atoms with Gasteiger partial charge in [0.1, 0.15) is 12.3 Å². The molecule has 1 atom stereocenters. The first-order chi connectivity index (χ1) is 15.8. The van der Waals surface area contributed by atoms with Crippen molar-refractivity contribution >= 4 is 11.7 Å². The summed E-state index contributed by atoms with van der Waals surface area (Å²) >= 11 is 0. The first-order valence-corrected chi connectivity index (χ1v) is 11.0. The third kappa shape index (κ3) is 3.15. The molecule has 4 aromatic rings. The van der Waals surface area contributed by atoms with Gasteiger partial charge in [-0.3, -0.25) is 4.90 Å². The van der Waals surface area contributed by atoms with Crippen LogP contribution < -0.4 is 5.32 Å². The van der Waals surface area contributed by atoms with Crippen LogP contribution >= 0.6 is 0 Å². The molecule has 0 spiro atoms. The van der Waals surface area contributed by atoms with Crippen molar-refractivity contribution in [3.8, 4) is 11.1 Å². The molecule has 1 N–H and O–H groups in total. The Kier molecular flexibility index (Phi) is 4.65. The summed E-state index contributed by atoms with van der Waals surface area (Å²) in [6.45, 7) is 2.40. The van der Waals surface area contributed by atoms with Crippen LogP contribution in [0, 0.1) is 0 Å². The van der Waals surface area contributed by atoms with E-state index < -0.39 is 0 Å². The van der Waals surface area contributed by atoms with Gasteiger partial charge in [-0.2, -0.15) is 0 Å². The number of nitrogens with one attached hydrogen (secondary N) is 1. The van der Waals surface area contributed by atoms with Crippen molar-refractivity contribution < 1.29 is 9.53 Å². The normalized spacial score (nSPS) is 17.9. The number of fused-ring (bicyclic) bond motifs is 4. The fourth-order valence-electron chi connectivity index (χ4n) is 5.03. The summed E-state index contributed by atoms with van der Waals surface area (Å²) in [6, 6.07) is 20.8. The maximum Gasteiger partial charge on any atom is 0.410 e. The van der Waals surface area contributed by atoms with Crippen LogP contribution in [0.25, 0.3) is 16.8 Å². The highest BCUT2D eigenvalue weighted by atomic mass is 16.6. The van der Waals surface area contributed by atoms with Crippen molar-refractivity contribution in [2.75, 3.05) is 26.2 Å². The molecule has 6 heteroatoms. The monoisotopic (exact) mass is 424 g/mol. The number of rotatable bonds is 3. The largest absolute Gasteiger partial charge is 0.448 e. The average Bonchev–Trinajstić information content (AvgIpc) is 3.45. The van der Waals surface area contributed by atoms with E-state index in [2.05, 4.69) is 64.9 Å². The number of carbonyl (C=O) groups is 1. The van der Waals surface area contributed by atoms with Crippen molar-refractivity contribution in [1.82, 2.24) is 19.6 Å². The molecule has 1 amide bonds. The summed E-state index contributed by atoms with van der Waals surface area (Å²) < 4.78 is 7.91. The van der Waals surface area contributed by atoms with E-state index >= 15 is 0 Å². The fourth-order valence-corrected chi connectivity index (χ4v) is 5.03. The Bertz CT molecular complexity index is 1250. The maximum absolute atomic E-state index is 13.2. The van der Waals surface area contributed by atoms with Gasteiger partial charge in [0.25, 0.3) is 0 Å². The number of aromatic nitrogens is 2. The topological polar surface area (TPSA) is 58.9 Å². The smallest absolute Gasteiger partial charge is 0.410 e. The lowest BCUT2D eigenvalue weighted by Crippen LogP contribution is -2.49. The van der Waals surface area contributed by atoms with E-state index in [4.69, 9.17) is 4.74 Å². The van der Waals surface area contributed by atoms with Crippen molar-refractivity contribution in [3.05, 3.63) is 95.9 Å². The van der Waals surface area contributed by atoms with Gasteiger partial charge in [-0.15, -0.1) is 0 Å². The van der Waals surface area contributed by atoms with E-state index in [1.54, 1.807) is 6.20 Å².